The highest BCUT2D eigenvalue weighted by molar-refractivity contribution is 6.34. The molecule has 30 heavy (non-hydrogen) atoms. The van der Waals surface area contributed by atoms with Crippen molar-refractivity contribution < 1.29 is 19.4 Å². The van der Waals surface area contributed by atoms with Gasteiger partial charge in [0.2, 0.25) is 0 Å². The molecule has 0 fully saturated rings. The molecule has 1 atom stereocenters. The monoisotopic (exact) mass is 424 g/mol. The maximum atomic E-state index is 12.4. The summed E-state index contributed by atoms with van der Waals surface area (Å²) in [6.45, 7) is 3.57. The van der Waals surface area contributed by atoms with Crippen molar-refractivity contribution in [2.24, 2.45) is 0 Å². The molecule has 0 aromatic heterocycles. The highest BCUT2D eigenvalue weighted by Crippen LogP contribution is 2.34. The van der Waals surface area contributed by atoms with Crippen LogP contribution < -0.4 is 15.4 Å². The van der Waals surface area contributed by atoms with Crippen LogP contribution in [-0.4, -0.2) is 23.0 Å². The van der Waals surface area contributed by atoms with Crippen molar-refractivity contribution >= 4 is 34.8 Å². The van der Waals surface area contributed by atoms with Crippen molar-refractivity contribution in [1.29, 1.82) is 0 Å². The van der Waals surface area contributed by atoms with Crippen LogP contribution in [0.5, 0.6) is 11.5 Å². The number of hydrogen-bond acceptors (Lipinski definition) is 4. The Labute approximate surface area is 179 Å². The number of anilines is 2. The number of phenols is 1. The minimum absolute atomic E-state index is 0.135. The van der Waals surface area contributed by atoms with Crippen molar-refractivity contribution in [3.05, 3.63) is 82.9 Å². The molecular weight excluding hydrogens is 404 g/mol. The Kier molecular flexibility index (Phi) is 6.59. The average molecular weight is 425 g/mol. The molecule has 0 bridgehead atoms. The number of aromatic hydroxyl groups is 1. The first-order chi connectivity index (χ1) is 14.3. The van der Waals surface area contributed by atoms with Crippen LogP contribution in [0.1, 0.15) is 22.8 Å². The van der Waals surface area contributed by atoms with Crippen LogP contribution in [-0.2, 0) is 4.79 Å². The summed E-state index contributed by atoms with van der Waals surface area (Å²) in [4.78, 5) is 24.7. The molecule has 7 heteroatoms. The topological polar surface area (TPSA) is 87.7 Å². The van der Waals surface area contributed by atoms with Crippen LogP contribution in [0.3, 0.4) is 0 Å². The van der Waals surface area contributed by atoms with E-state index in [1.165, 1.54) is 12.1 Å². The van der Waals surface area contributed by atoms with Crippen LogP contribution in [0, 0.1) is 6.92 Å². The molecule has 6 nitrogen and oxygen atoms in total. The number of hydrogen-bond donors (Lipinski definition) is 3. The lowest BCUT2D eigenvalue weighted by molar-refractivity contribution is -0.122. The molecule has 0 aliphatic carbocycles. The third-order valence-corrected chi connectivity index (χ3v) is 4.64. The molecule has 0 saturated heterocycles. The molecule has 1 unspecified atom stereocenters. The van der Waals surface area contributed by atoms with E-state index in [9.17, 15) is 14.7 Å². The standard InChI is InChI=1S/C23H21ClN2O4/c1-14-8-10-17(11-9-14)30-15(2)22(28)25-19-13-21(27)20(12-18(19)24)26-23(29)16-6-4-3-5-7-16/h3-13,15,27H,1-2H3,(H,25,28)(H,26,29). The van der Waals surface area contributed by atoms with Crippen molar-refractivity contribution in [3.63, 3.8) is 0 Å². The van der Waals surface area contributed by atoms with Gasteiger partial charge in [0, 0.05) is 11.6 Å². The predicted octanol–water partition coefficient (Wildman–Crippen LogP) is 5.01. The minimum Gasteiger partial charge on any atom is -0.506 e. The fourth-order valence-corrected chi connectivity index (χ4v) is 2.86. The fourth-order valence-electron chi connectivity index (χ4n) is 2.65. The van der Waals surface area contributed by atoms with Gasteiger partial charge in [0.15, 0.2) is 6.10 Å². The summed E-state index contributed by atoms with van der Waals surface area (Å²) >= 11 is 6.24. The number of carbonyl (C=O) groups is 2. The van der Waals surface area contributed by atoms with Gasteiger partial charge in [-0.1, -0.05) is 47.5 Å². The maximum Gasteiger partial charge on any atom is 0.265 e. The highest BCUT2D eigenvalue weighted by atomic mass is 35.5. The Morgan fingerprint density at radius 3 is 2.30 bits per heavy atom. The zero-order valence-corrected chi connectivity index (χ0v) is 17.2. The van der Waals surface area contributed by atoms with E-state index in [1.54, 1.807) is 49.4 Å². The molecule has 0 aliphatic heterocycles. The molecule has 0 radical (unpaired) electrons. The van der Waals surface area contributed by atoms with E-state index in [2.05, 4.69) is 10.6 Å². The number of ether oxygens (including phenoxy) is 1. The van der Waals surface area contributed by atoms with E-state index in [1.807, 2.05) is 19.1 Å². The van der Waals surface area contributed by atoms with Gasteiger partial charge in [-0.15, -0.1) is 0 Å². The summed E-state index contributed by atoms with van der Waals surface area (Å²) < 4.78 is 5.62. The van der Waals surface area contributed by atoms with Gasteiger partial charge in [-0.05, 0) is 44.2 Å². The van der Waals surface area contributed by atoms with Gasteiger partial charge in [0.05, 0.1) is 16.4 Å². The summed E-state index contributed by atoms with van der Waals surface area (Å²) in [5.41, 5.74) is 1.86. The van der Waals surface area contributed by atoms with Crippen LogP contribution >= 0.6 is 11.6 Å². The molecule has 0 heterocycles. The van der Waals surface area contributed by atoms with Gasteiger partial charge < -0.3 is 20.5 Å². The maximum absolute atomic E-state index is 12.4. The van der Waals surface area contributed by atoms with Crippen LogP contribution in [0.2, 0.25) is 5.02 Å². The number of halogens is 1. The first kappa shape index (κ1) is 21.2. The Bertz CT molecular complexity index is 1050. The predicted molar refractivity (Wildman–Crippen MR) is 117 cm³/mol. The molecule has 3 N–H and O–H groups in total. The first-order valence-corrected chi connectivity index (χ1v) is 9.64. The van der Waals surface area contributed by atoms with E-state index in [0.29, 0.717) is 11.3 Å². The quantitative estimate of drug-likeness (QED) is 0.485. The molecule has 0 aliphatic rings. The smallest absolute Gasteiger partial charge is 0.265 e. The molecular formula is C23H21ClN2O4. The summed E-state index contributed by atoms with van der Waals surface area (Å²) in [6.07, 6.45) is -0.789. The minimum atomic E-state index is -0.789. The Morgan fingerprint density at radius 1 is 0.967 bits per heavy atom. The lowest BCUT2D eigenvalue weighted by atomic mass is 10.2. The molecule has 2 amide bonds. The molecule has 154 valence electrons. The number of benzene rings is 3. The second-order valence-electron chi connectivity index (χ2n) is 6.73. The summed E-state index contributed by atoms with van der Waals surface area (Å²) in [6, 6.07) is 18.6. The molecule has 3 aromatic rings. The third kappa shape index (κ3) is 5.30. The highest BCUT2D eigenvalue weighted by Gasteiger charge is 2.18. The fraction of sp³-hybridized carbons (Fsp3) is 0.130. The number of aryl methyl sites for hydroxylation is 1. The number of amides is 2. The first-order valence-electron chi connectivity index (χ1n) is 9.26. The van der Waals surface area contributed by atoms with Crippen molar-refractivity contribution in [3.8, 4) is 11.5 Å². The Hall–Kier alpha value is -3.51. The lowest BCUT2D eigenvalue weighted by Crippen LogP contribution is -2.30. The van der Waals surface area contributed by atoms with Gasteiger partial charge in [0.1, 0.15) is 11.5 Å². The SMILES string of the molecule is Cc1ccc(OC(C)C(=O)Nc2cc(O)c(NC(=O)c3ccccc3)cc2Cl)cc1. The normalized spacial score (nSPS) is 11.4. The zero-order valence-electron chi connectivity index (χ0n) is 16.5. The average Bonchev–Trinajstić information content (AvgIpc) is 2.73. The van der Waals surface area contributed by atoms with Gasteiger partial charge >= 0.3 is 0 Å². The van der Waals surface area contributed by atoms with Crippen LogP contribution in [0.15, 0.2) is 66.7 Å². The summed E-state index contributed by atoms with van der Waals surface area (Å²) in [5.74, 6) is -0.487. The van der Waals surface area contributed by atoms with Crippen molar-refractivity contribution in [2.75, 3.05) is 10.6 Å². The Balaban J connectivity index is 1.67. The summed E-state index contributed by atoms with van der Waals surface area (Å²) in [7, 11) is 0. The lowest BCUT2D eigenvalue weighted by Gasteiger charge is -2.16. The summed E-state index contributed by atoms with van der Waals surface area (Å²) in [5, 5.41) is 15.7. The second kappa shape index (κ2) is 9.33. The number of rotatable bonds is 6. The zero-order chi connectivity index (χ0) is 21.7. The van der Waals surface area contributed by atoms with E-state index in [0.717, 1.165) is 5.56 Å². The van der Waals surface area contributed by atoms with Crippen molar-refractivity contribution in [2.45, 2.75) is 20.0 Å². The van der Waals surface area contributed by atoms with E-state index in [-0.39, 0.29) is 28.1 Å². The molecule has 3 rings (SSSR count). The van der Waals surface area contributed by atoms with E-state index < -0.39 is 12.0 Å². The molecule has 0 spiro atoms. The molecule has 3 aromatic carbocycles. The van der Waals surface area contributed by atoms with Crippen molar-refractivity contribution in [1.82, 2.24) is 0 Å². The third-order valence-electron chi connectivity index (χ3n) is 4.33. The van der Waals surface area contributed by atoms with E-state index in [4.69, 9.17) is 16.3 Å². The number of nitrogens with one attached hydrogen (secondary N) is 2. The second-order valence-corrected chi connectivity index (χ2v) is 7.14. The van der Waals surface area contributed by atoms with Gasteiger partial charge in [-0.3, -0.25) is 9.59 Å². The number of carbonyl (C=O) groups excluding carboxylic acids is 2. The van der Waals surface area contributed by atoms with Crippen LogP contribution in [0.25, 0.3) is 0 Å². The molecule has 0 saturated carbocycles. The largest absolute Gasteiger partial charge is 0.506 e. The number of phenolic OH excluding ortho intramolecular Hbond substituents is 1. The Morgan fingerprint density at radius 2 is 1.63 bits per heavy atom. The van der Waals surface area contributed by atoms with Gasteiger partial charge in [0.25, 0.3) is 11.8 Å². The van der Waals surface area contributed by atoms with Gasteiger partial charge in [-0.2, -0.15) is 0 Å². The van der Waals surface area contributed by atoms with Crippen LogP contribution in [0.4, 0.5) is 11.4 Å². The van der Waals surface area contributed by atoms with Gasteiger partial charge in [-0.25, -0.2) is 0 Å². The van der Waals surface area contributed by atoms with E-state index >= 15 is 0 Å².